The minimum absolute atomic E-state index is 0.429. The van der Waals surface area contributed by atoms with Gasteiger partial charge in [-0.15, -0.1) is 0 Å². The maximum Gasteiger partial charge on any atom is 0.316 e. The van der Waals surface area contributed by atoms with Crippen LogP contribution in [0.1, 0.15) is 12.6 Å². The maximum atomic E-state index is 5.10. The van der Waals surface area contributed by atoms with Crippen molar-refractivity contribution in [2.75, 3.05) is 7.11 Å². The van der Waals surface area contributed by atoms with Gasteiger partial charge < -0.3 is 4.74 Å². The number of methoxy groups -OCH3 is 1. The summed E-state index contributed by atoms with van der Waals surface area (Å²) in [7, 11) is 1.59. The van der Waals surface area contributed by atoms with Crippen LogP contribution >= 0.6 is 0 Å². The van der Waals surface area contributed by atoms with Crippen molar-refractivity contribution in [2.45, 2.75) is 13.3 Å². The number of hydrogen-bond acceptors (Lipinski definition) is 3. The lowest BCUT2D eigenvalue weighted by molar-refractivity contribution is 0.379. The number of aryl methyl sites for hydroxylation is 1. The van der Waals surface area contributed by atoms with Gasteiger partial charge in [0.2, 0.25) is 0 Å². The molecule has 0 saturated carbocycles. The molecule has 1 aromatic carbocycles. The minimum Gasteiger partial charge on any atom is -0.467 e. The first-order chi connectivity index (χ1) is 7.83. The number of hydrogen-bond donors (Lipinski definition) is 0. The molecular weight excluding hydrogens is 200 g/mol. The average Bonchev–Trinajstić information content (AvgIpc) is 2.39. The third-order valence-electron chi connectivity index (χ3n) is 2.37. The van der Waals surface area contributed by atoms with Crippen LogP contribution in [-0.4, -0.2) is 17.1 Å². The van der Waals surface area contributed by atoms with Crippen LogP contribution in [0, 0.1) is 0 Å². The van der Waals surface area contributed by atoms with Gasteiger partial charge in [0.05, 0.1) is 12.8 Å². The first-order valence-corrected chi connectivity index (χ1v) is 5.31. The van der Waals surface area contributed by atoms with Crippen LogP contribution in [0.2, 0.25) is 0 Å². The average molecular weight is 214 g/mol. The summed E-state index contributed by atoms with van der Waals surface area (Å²) in [6.45, 7) is 2.07. The van der Waals surface area contributed by atoms with Crippen molar-refractivity contribution < 1.29 is 4.74 Å². The van der Waals surface area contributed by atoms with Crippen molar-refractivity contribution in [3.8, 4) is 17.3 Å². The van der Waals surface area contributed by atoms with Gasteiger partial charge in [-0.1, -0.05) is 37.3 Å². The highest BCUT2D eigenvalue weighted by Crippen LogP contribution is 2.19. The van der Waals surface area contributed by atoms with E-state index in [0.29, 0.717) is 6.01 Å². The Morgan fingerprint density at radius 1 is 1.12 bits per heavy atom. The predicted octanol–water partition coefficient (Wildman–Crippen LogP) is 2.71. The monoisotopic (exact) mass is 214 g/mol. The van der Waals surface area contributed by atoms with Crippen molar-refractivity contribution in [3.63, 3.8) is 0 Å². The summed E-state index contributed by atoms with van der Waals surface area (Å²) in [5.74, 6) is 0. The van der Waals surface area contributed by atoms with Gasteiger partial charge in [0.25, 0.3) is 0 Å². The molecule has 0 radical (unpaired) electrons. The van der Waals surface area contributed by atoms with Crippen molar-refractivity contribution in [2.24, 2.45) is 0 Å². The summed E-state index contributed by atoms with van der Waals surface area (Å²) in [5, 5.41) is 0. The molecule has 2 rings (SSSR count). The van der Waals surface area contributed by atoms with E-state index < -0.39 is 0 Å². The molecule has 0 saturated heterocycles. The molecule has 1 aromatic heterocycles. The van der Waals surface area contributed by atoms with E-state index in [0.717, 1.165) is 23.4 Å². The molecule has 0 N–H and O–H groups in total. The molecule has 1 heterocycles. The van der Waals surface area contributed by atoms with Crippen molar-refractivity contribution in [3.05, 3.63) is 42.1 Å². The Bertz CT molecular complexity index is 446. The predicted molar refractivity (Wildman–Crippen MR) is 63.4 cm³/mol. The van der Waals surface area contributed by atoms with Crippen molar-refractivity contribution >= 4 is 0 Å². The Kier molecular flexibility index (Phi) is 3.15. The van der Waals surface area contributed by atoms with E-state index in [2.05, 4.69) is 16.9 Å². The number of benzene rings is 1. The van der Waals surface area contributed by atoms with E-state index in [1.165, 1.54) is 0 Å². The second kappa shape index (κ2) is 4.75. The Labute approximate surface area is 95.1 Å². The first-order valence-electron chi connectivity index (χ1n) is 5.31. The zero-order valence-corrected chi connectivity index (χ0v) is 9.47. The van der Waals surface area contributed by atoms with Crippen LogP contribution < -0.4 is 4.74 Å². The molecular formula is C13H14N2O. The van der Waals surface area contributed by atoms with Gasteiger partial charge in [0.15, 0.2) is 0 Å². The lowest BCUT2D eigenvalue weighted by Crippen LogP contribution is -1.98. The molecule has 3 heteroatoms. The molecule has 0 atom stereocenters. The van der Waals surface area contributed by atoms with Gasteiger partial charge in [-0.25, -0.2) is 4.98 Å². The maximum absolute atomic E-state index is 5.10. The van der Waals surface area contributed by atoms with Crippen LogP contribution in [-0.2, 0) is 6.42 Å². The molecule has 16 heavy (non-hydrogen) atoms. The van der Waals surface area contributed by atoms with Gasteiger partial charge in [-0.3, -0.25) is 0 Å². The smallest absolute Gasteiger partial charge is 0.316 e. The highest BCUT2D eigenvalue weighted by molar-refractivity contribution is 5.59. The number of rotatable bonds is 3. The normalized spacial score (nSPS) is 10.1. The molecule has 0 amide bonds. The Balaban J connectivity index is 2.48. The van der Waals surface area contributed by atoms with Crippen LogP contribution in [0.5, 0.6) is 6.01 Å². The van der Waals surface area contributed by atoms with Crippen molar-refractivity contribution in [1.29, 1.82) is 0 Å². The fourth-order valence-electron chi connectivity index (χ4n) is 1.50. The van der Waals surface area contributed by atoms with Gasteiger partial charge in [-0.05, 0) is 12.5 Å². The standard InChI is InChI=1S/C13H14N2O/c1-3-11-9-12(15-13(14-11)16-2)10-7-5-4-6-8-10/h4-9H,3H2,1-2H3. The number of aromatic nitrogens is 2. The zero-order valence-electron chi connectivity index (χ0n) is 9.47. The van der Waals surface area contributed by atoms with Crippen LogP contribution in [0.4, 0.5) is 0 Å². The third kappa shape index (κ3) is 2.19. The summed E-state index contributed by atoms with van der Waals surface area (Å²) < 4.78 is 5.10. The van der Waals surface area contributed by atoms with Gasteiger partial charge in [-0.2, -0.15) is 4.98 Å². The summed E-state index contributed by atoms with van der Waals surface area (Å²) in [4.78, 5) is 8.60. The topological polar surface area (TPSA) is 35.0 Å². The fraction of sp³-hybridized carbons (Fsp3) is 0.231. The van der Waals surface area contributed by atoms with Gasteiger partial charge >= 0.3 is 6.01 Å². The molecule has 2 aromatic rings. The van der Waals surface area contributed by atoms with E-state index >= 15 is 0 Å². The molecule has 0 bridgehead atoms. The van der Waals surface area contributed by atoms with E-state index in [1.54, 1.807) is 7.11 Å². The van der Waals surface area contributed by atoms with Crippen LogP contribution in [0.25, 0.3) is 11.3 Å². The van der Waals surface area contributed by atoms with Crippen molar-refractivity contribution in [1.82, 2.24) is 9.97 Å². The molecule has 0 aliphatic heterocycles. The second-order valence-corrected chi connectivity index (χ2v) is 3.45. The summed E-state index contributed by atoms with van der Waals surface area (Å²) in [6.07, 6.45) is 0.874. The lowest BCUT2D eigenvalue weighted by atomic mass is 10.1. The highest BCUT2D eigenvalue weighted by Gasteiger charge is 2.05. The minimum atomic E-state index is 0.429. The van der Waals surface area contributed by atoms with E-state index in [9.17, 15) is 0 Å². The molecule has 82 valence electrons. The van der Waals surface area contributed by atoms with Gasteiger partial charge in [0, 0.05) is 11.3 Å². The summed E-state index contributed by atoms with van der Waals surface area (Å²) in [6, 6.07) is 12.5. The largest absolute Gasteiger partial charge is 0.467 e. The number of nitrogens with zero attached hydrogens (tertiary/aromatic N) is 2. The van der Waals surface area contributed by atoms with E-state index in [-0.39, 0.29) is 0 Å². The molecule has 3 nitrogen and oxygen atoms in total. The van der Waals surface area contributed by atoms with E-state index in [4.69, 9.17) is 4.74 Å². The lowest BCUT2D eigenvalue weighted by Gasteiger charge is -2.05. The Morgan fingerprint density at radius 2 is 1.88 bits per heavy atom. The second-order valence-electron chi connectivity index (χ2n) is 3.45. The Hall–Kier alpha value is -1.90. The summed E-state index contributed by atoms with van der Waals surface area (Å²) in [5.41, 5.74) is 2.98. The molecule has 0 fully saturated rings. The number of ether oxygens (including phenoxy) is 1. The zero-order chi connectivity index (χ0) is 11.4. The van der Waals surface area contributed by atoms with E-state index in [1.807, 2.05) is 36.4 Å². The molecule has 0 aliphatic carbocycles. The van der Waals surface area contributed by atoms with Crippen LogP contribution in [0.15, 0.2) is 36.4 Å². The Morgan fingerprint density at radius 3 is 2.50 bits per heavy atom. The SMILES string of the molecule is CCc1cc(-c2ccccc2)nc(OC)n1. The highest BCUT2D eigenvalue weighted by atomic mass is 16.5. The molecule has 0 aliphatic rings. The third-order valence-corrected chi connectivity index (χ3v) is 2.37. The van der Waals surface area contributed by atoms with Gasteiger partial charge in [0.1, 0.15) is 0 Å². The summed E-state index contributed by atoms with van der Waals surface area (Å²) >= 11 is 0. The van der Waals surface area contributed by atoms with Crippen LogP contribution in [0.3, 0.4) is 0 Å². The molecule has 0 spiro atoms. The first kappa shape index (κ1) is 10.6. The fourth-order valence-corrected chi connectivity index (χ4v) is 1.50. The molecule has 0 unspecified atom stereocenters. The quantitative estimate of drug-likeness (QED) is 0.788.